The maximum absolute atomic E-state index is 13.1. The fourth-order valence-corrected chi connectivity index (χ4v) is 5.37. The van der Waals surface area contributed by atoms with Gasteiger partial charge in [0.15, 0.2) is 0 Å². The molecular formula is C28H32N4O3S. The molecule has 3 heterocycles. The van der Waals surface area contributed by atoms with Gasteiger partial charge in [-0.05, 0) is 67.3 Å². The number of benzene rings is 2. The van der Waals surface area contributed by atoms with Crippen LogP contribution in [0.15, 0.2) is 54.6 Å². The molecule has 0 bridgehead atoms. The molecule has 188 valence electrons. The van der Waals surface area contributed by atoms with E-state index in [4.69, 9.17) is 4.74 Å². The summed E-state index contributed by atoms with van der Waals surface area (Å²) in [6.07, 6.45) is 0.999. The van der Waals surface area contributed by atoms with Crippen molar-refractivity contribution in [2.75, 3.05) is 19.6 Å². The normalized spacial score (nSPS) is 18.4. The standard InChI is InChI=1S/C28H32N4O3S/c1-17-6-7-21(35-22-14-29-15-22)13-24(17)27(33)32-18(2)19-4-3-5-20(12-19)26-9-8-23(36-26)16-31-25-10-11-30-28(25)34/h3-9,12-13,18,22,25,29,31H,10-11,14-16H2,1-2H3,(H,30,34)(H,32,33). The van der Waals surface area contributed by atoms with Crippen LogP contribution in [0, 0.1) is 6.92 Å². The number of carbonyl (C=O) groups excluding carboxylic acids is 2. The maximum Gasteiger partial charge on any atom is 0.252 e. The van der Waals surface area contributed by atoms with Gasteiger partial charge in [0.2, 0.25) is 5.91 Å². The average molecular weight is 505 g/mol. The molecule has 0 spiro atoms. The van der Waals surface area contributed by atoms with Gasteiger partial charge in [0.1, 0.15) is 11.9 Å². The lowest BCUT2D eigenvalue weighted by atomic mass is 10.0. The van der Waals surface area contributed by atoms with Crippen LogP contribution >= 0.6 is 11.3 Å². The second-order valence-electron chi connectivity index (χ2n) is 9.47. The molecule has 2 saturated heterocycles. The molecule has 36 heavy (non-hydrogen) atoms. The van der Waals surface area contributed by atoms with Crippen molar-refractivity contribution in [3.05, 3.63) is 76.2 Å². The average Bonchev–Trinajstić information content (AvgIpc) is 3.49. The van der Waals surface area contributed by atoms with Crippen LogP contribution in [0.3, 0.4) is 0 Å². The van der Waals surface area contributed by atoms with E-state index in [0.717, 1.165) is 53.4 Å². The third-order valence-electron chi connectivity index (χ3n) is 6.75. The van der Waals surface area contributed by atoms with Gasteiger partial charge in [-0.2, -0.15) is 0 Å². The van der Waals surface area contributed by atoms with Crippen molar-refractivity contribution in [3.63, 3.8) is 0 Å². The minimum absolute atomic E-state index is 0.0839. The molecule has 2 amide bonds. The zero-order valence-electron chi connectivity index (χ0n) is 20.6. The van der Waals surface area contributed by atoms with E-state index in [1.54, 1.807) is 11.3 Å². The van der Waals surface area contributed by atoms with E-state index in [1.807, 2.05) is 44.2 Å². The highest BCUT2D eigenvalue weighted by Gasteiger charge is 2.23. The van der Waals surface area contributed by atoms with Crippen LogP contribution in [-0.4, -0.2) is 43.6 Å². The lowest BCUT2D eigenvalue weighted by Crippen LogP contribution is -2.50. The molecular weight excluding hydrogens is 472 g/mol. The summed E-state index contributed by atoms with van der Waals surface area (Å²) < 4.78 is 5.94. The van der Waals surface area contributed by atoms with Gasteiger partial charge in [0.25, 0.3) is 5.91 Å². The Morgan fingerprint density at radius 2 is 2.03 bits per heavy atom. The molecule has 3 aromatic rings. The third kappa shape index (κ3) is 5.61. The maximum atomic E-state index is 13.1. The molecule has 0 saturated carbocycles. The zero-order valence-corrected chi connectivity index (χ0v) is 21.4. The summed E-state index contributed by atoms with van der Waals surface area (Å²) >= 11 is 1.72. The summed E-state index contributed by atoms with van der Waals surface area (Å²) in [5.74, 6) is 0.701. The first-order chi connectivity index (χ1) is 17.5. The summed E-state index contributed by atoms with van der Waals surface area (Å²) in [6.45, 7) is 7.03. The molecule has 0 aliphatic carbocycles. The van der Waals surface area contributed by atoms with Crippen LogP contribution in [-0.2, 0) is 11.3 Å². The van der Waals surface area contributed by atoms with Crippen LogP contribution in [0.2, 0.25) is 0 Å². The second kappa shape index (κ2) is 10.8. The first-order valence-corrected chi connectivity index (χ1v) is 13.3. The van der Waals surface area contributed by atoms with Crippen molar-refractivity contribution in [1.82, 2.24) is 21.3 Å². The van der Waals surface area contributed by atoms with Gasteiger partial charge in [-0.25, -0.2) is 0 Å². The van der Waals surface area contributed by atoms with Gasteiger partial charge >= 0.3 is 0 Å². The van der Waals surface area contributed by atoms with Gasteiger partial charge in [-0.3, -0.25) is 9.59 Å². The topological polar surface area (TPSA) is 91.5 Å². The summed E-state index contributed by atoms with van der Waals surface area (Å²) in [4.78, 5) is 27.2. The van der Waals surface area contributed by atoms with Gasteiger partial charge in [-0.15, -0.1) is 11.3 Å². The lowest BCUT2D eigenvalue weighted by molar-refractivity contribution is -0.120. The van der Waals surface area contributed by atoms with Crippen molar-refractivity contribution in [2.24, 2.45) is 0 Å². The van der Waals surface area contributed by atoms with E-state index in [2.05, 4.69) is 45.5 Å². The molecule has 5 rings (SSSR count). The van der Waals surface area contributed by atoms with E-state index < -0.39 is 0 Å². The fraction of sp³-hybridized carbons (Fsp3) is 0.357. The van der Waals surface area contributed by atoms with E-state index >= 15 is 0 Å². The number of thiophene rings is 1. The highest BCUT2D eigenvalue weighted by atomic mass is 32.1. The quantitative estimate of drug-likeness (QED) is 0.358. The van der Waals surface area contributed by atoms with Crippen molar-refractivity contribution in [1.29, 1.82) is 0 Å². The predicted octanol–water partition coefficient (Wildman–Crippen LogP) is 3.54. The zero-order chi connectivity index (χ0) is 25.1. The molecule has 2 aliphatic rings. The number of hydrogen-bond donors (Lipinski definition) is 4. The van der Waals surface area contributed by atoms with Crippen LogP contribution < -0.4 is 26.0 Å². The Labute approximate surface area is 215 Å². The van der Waals surface area contributed by atoms with Crippen molar-refractivity contribution < 1.29 is 14.3 Å². The van der Waals surface area contributed by atoms with E-state index in [0.29, 0.717) is 12.1 Å². The minimum Gasteiger partial charge on any atom is -0.488 e. The molecule has 2 fully saturated rings. The van der Waals surface area contributed by atoms with Crippen LogP contribution in [0.4, 0.5) is 0 Å². The number of rotatable bonds is 9. The Bertz CT molecular complexity index is 1250. The molecule has 8 heteroatoms. The fourth-order valence-electron chi connectivity index (χ4n) is 4.42. The highest BCUT2D eigenvalue weighted by molar-refractivity contribution is 7.15. The monoisotopic (exact) mass is 504 g/mol. The number of aryl methyl sites for hydroxylation is 1. The molecule has 4 N–H and O–H groups in total. The van der Waals surface area contributed by atoms with Gasteiger partial charge in [-0.1, -0.05) is 24.3 Å². The first kappa shape index (κ1) is 24.5. The van der Waals surface area contributed by atoms with Crippen molar-refractivity contribution in [2.45, 2.75) is 45.0 Å². The van der Waals surface area contributed by atoms with E-state index in [9.17, 15) is 9.59 Å². The summed E-state index contributed by atoms with van der Waals surface area (Å²) in [5.41, 5.74) is 3.71. The first-order valence-electron chi connectivity index (χ1n) is 12.5. The number of nitrogens with one attached hydrogen (secondary N) is 4. The van der Waals surface area contributed by atoms with Crippen molar-refractivity contribution >= 4 is 23.2 Å². The molecule has 2 aliphatic heterocycles. The molecule has 2 unspecified atom stereocenters. The molecule has 0 radical (unpaired) electrons. The van der Waals surface area contributed by atoms with Gasteiger partial charge < -0.3 is 26.0 Å². The molecule has 2 aromatic carbocycles. The number of hydrogen-bond acceptors (Lipinski definition) is 6. The molecule has 2 atom stereocenters. The van der Waals surface area contributed by atoms with E-state index in [-0.39, 0.29) is 30.0 Å². The van der Waals surface area contributed by atoms with Gasteiger partial charge in [0, 0.05) is 41.5 Å². The number of carbonyl (C=O) groups is 2. The van der Waals surface area contributed by atoms with Gasteiger partial charge in [0.05, 0.1) is 12.1 Å². The SMILES string of the molecule is Cc1ccc(OC2CNC2)cc1C(=O)NC(C)c1cccc(-c2ccc(CNC3CCNC3=O)s2)c1. The van der Waals surface area contributed by atoms with Crippen LogP contribution in [0.5, 0.6) is 5.75 Å². The van der Waals surface area contributed by atoms with Crippen LogP contribution in [0.1, 0.15) is 45.7 Å². The van der Waals surface area contributed by atoms with Crippen molar-refractivity contribution in [3.8, 4) is 16.2 Å². The second-order valence-corrected chi connectivity index (χ2v) is 10.6. The van der Waals surface area contributed by atoms with Crippen LogP contribution in [0.25, 0.3) is 10.4 Å². The summed E-state index contributed by atoms with van der Waals surface area (Å²) in [5, 5.41) is 12.5. The predicted molar refractivity (Wildman–Crippen MR) is 142 cm³/mol. The molecule has 7 nitrogen and oxygen atoms in total. The Morgan fingerprint density at radius 3 is 2.78 bits per heavy atom. The third-order valence-corrected chi connectivity index (χ3v) is 7.89. The number of ether oxygens (including phenoxy) is 1. The summed E-state index contributed by atoms with van der Waals surface area (Å²) in [6, 6.07) is 17.9. The Hall–Kier alpha value is -3.20. The lowest BCUT2D eigenvalue weighted by Gasteiger charge is -2.28. The smallest absolute Gasteiger partial charge is 0.252 e. The Morgan fingerprint density at radius 1 is 1.17 bits per heavy atom. The number of amides is 2. The molecule has 1 aromatic heterocycles. The Kier molecular flexibility index (Phi) is 7.36. The summed E-state index contributed by atoms with van der Waals surface area (Å²) in [7, 11) is 0. The highest BCUT2D eigenvalue weighted by Crippen LogP contribution is 2.30. The Balaban J connectivity index is 1.23. The minimum atomic E-state index is -0.153. The van der Waals surface area contributed by atoms with E-state index in [1.165, 1.54) is 4.88 Å². The largest absolute Gasteiger partial charge is 0.488 e.